The number of anilines is 1. The number of hydrogen-bond donors (Lipinski definition) is 1. The molecule has 0 aromatic carbocycles. The number of aryl methyl sites for hydroxylation is 1. The average molecular weight is 259 g/mol. The topological polar surface area (TPSA) is 68.1 Å². The minimum Gasteiger partial charge on any atom is -0.367 e. The maximum atomic E-state index is 10.7. The van der Waals surface area contributed by atoms with Crippen molar-refractivity contribution in [3.05, 3.63) is 27.9 Å². The minimum absolute atomic E-state index is 0.0686. The third-order valence-corrected chi connectivity index (χ3v) is 5.31. The fourth-order valence-corrected chi connectivity index (χ4v) is 4.49. The highest BCUT2D eigenvalue weighted by Gasteiger charge is 2.65. The summed E-state index contributed by atoms with van der Waals surface area (Å²) in [5.74, 6) is 4.35. The lowest BCUT2D eigenvalue weighted by molar-refractivity contribution is -0.385. The van der Waals surface area contributed by atoms with Crippen LogP contribution in [0.2, 0.25) is 0 Å². The van der Waals surface area contributed by atoms with Gasteiger partial charge < -0.3 is 5.32 Å². The first kappa shape index (κ1) is 11.2. The number of aromatic nitrogens is 1. The lowest BCUT2D eigenvalue weighted by Gasteiger charge is -2.12. The van der Waals surface area contributed by atoms with Crippen LogP contribution in [0.15, 0.2) is 12.3 Å². The molecule has 3 aliphatic rings. The molecule has 0 aliphatic heterocycles. The van der Waals surface area contributed by atoms with E-state index in [0.717, 1.165) is 35.1 Å². The van der Waals surface area contributed by atoms with Crippen molar-refractivity contribution in [3.8, 4) is 0 Å². The molecule has 19 heavy (non-hydrogen) atoms. The second-order valence-electron chi connectivity index (χ2n) is 6.27. The molecule has 5 nitrogen and oxygen atoms in total. The predicted molar refractivity (Wildman–Crippen MR) is 70.9 cm³/mol. The van der Waals surface area contributed by atoms with Crippen LogP contribution in [0.3, 0.4) is 0 Å². The first-order chi connectivity index (χ1) is 9.15. The second kappa shape index (κ2) is 3.68. The van der Waals surface area contributed by atoms with Gasteiger partial charge in [-0.15, -0.1) is 0 Å². The van der Waals surface area contributed by atoms with E-state index in [1.807, 2.05) is 6.92 Å². The number of hydrogen-bond acceptors (Lipinski definition) is 4. The molecule has 3 saturated carbocycles. The van der Waals surface area contributed by atoms with Crippen LogP contribution >= 0.6 is 0 Å². The Hall–Kier alpha value is -1.65. The Kier molecular flexibility index (Phi) is 2.17. The Bertz CT molecular complexity index is 544. The Morgan fingerprint density at radius 3 is 2.63 bits per heavy atom. The molecule has 1 aromatic rings. The lowest BCUT2D eigenvalue weighted by Crippen LogP contribution is -2.14. The second-order valence-corrected chi connectivity index (χ2v) is 6.27. The summed E-state index contributed by atoms with van der Waals surface area (Å²) in [4.78, 5) is 14.5. The molecule has 4 rings (SSSR count). The van der Waals surface area contributed by atoms with Gasteiger partial charge in [0, 0.05) is 12.1 Å². The molecule has 3 fully saturated rings. The van der Waals surface area contributed by atoms with Gasteiger partial charge in [0.15, 0.2) is 0 Å². The smallest absolute Gasteiger partial charge is 0.287 e. The quantitative estimate of drug-likeness (QED) is 0.669. The molecule has 0 spiro atoms. The zero-order valence-electron chi connectivity index (χ0n) is 10.9. The molecule has 1 aromatic heterocycles. The summed E-state index contributed by atoms with van der Waals surface area (Å²) < 4.78 is 0. The maximum absolute atomic E-state index is 10.7. The zero-order chi connectivity index (χ0) is 13.1. The van der Waals surface area contributed by atoms with E-state index < -0.39 is 4.92 Å². The van der Waals surface area contributed by atoms with Gasteiger partial charge in [-0.25, -0.2) is 4.98 Å². The van der Waals surface area contributed by atoms with E-state index in [2.05, 4.69) is 10.3 Å². The molecule has 0 saturated heterocycles. The molecule has 1 heterocycles. The predicted octanol–water partition coefficient (Wildman–Crippen LogP) is 2.75. The Labute approximate surface area is 111 Å². The summed E-state index contributed by atoms with van der Waals surface area (Å²) in [6.45, 7) is 1.88. The van der Waals surface area contributed by atoms with Gasteiger partial charge in [-0.3, -0.25) is 10.1 Å². The van der Waals surface area contributed by atoms with Crippen LogP contribution in [-0.2, 0) is 0 Å². The first-order valence-corrected chi connectivity index (χ1v) is 7.02. The van der Waals surface area contributed by atoms with Gasteiger partial charge in [0.05, 0.1) is 4.92 Å². The number of fused-ring (bicyclic) bond motifs is 5. The summed E-state index contributed by atoms with van der Waals surface area (Å²) >= 11 is 0. The molecule has 100 valence electrons. The highest BCUT2D eigenvalue weighted by molar-refractivity contribution is 5.50. The van der Waals surface area contributed by atoms with E-state index in [4.69, 9.17) is 0 Å². The Balaban J connectivity index is 1.51. The number of nitrogens with one attached hydrogen (secondary N) is 1. The Morgan fingerprint density at radius 2 is 2.05 bits per heavy atom. The molecule has 1 N–H and O–H groups in total. The largest absolute Gasteiger partial charge is 0.367 e. The van der Waals surface area contributed by atoms with Crippen LogP contribution in [0.1, 0.15) is 24.8 Å². The van der Waals surface area contributed by atoms with E-state index in [1.54, 1.807) is 6.07 Å². The summed E-state index contributed by atoms with van der Waals surface area (Å²) in [6, 6.07) is 2.17. The van der Waals surface area contributed by atoms with Gasteiger partial charge in [0.1, 0.15) is 12.0 Å². The minimum atomic E-state index is -0.393. The zero-order valence-corrected chi connectivity index (χ0v) is 10.9. The summed E-state index contributed by atoms with van der Waals surface area (Å²) in [7, 11) is 0. The average Bonchev–Trinajstić information content (AvgIpc) is 2.79. The van der Waals surface area contributed by atoms with Gasteiger partial charge in [-0.05, 0) is 55.4 Å². The monoisotopic (exact) mass is 259 g/mol. The van der Waals surface area contributed by atoms with E-state index in [1.165, 1.54) is 25.5 Å². The molecule has 0 radical (unpaired) electrons. The molecule has 2 bridgehead atoms. The Morgan fingerprint density at radius 1 is 1.37 bits per heavy atom. The van der Waals surface area contributed by atoms with Crippen LogP contribution in [0, 0.1) is 40.7 Å². The van der Waals surface area contributed by atoms with Crippen molar-refractivity contribution in [2.75, 3.05) is 5.32 Å². The molecule has 3 aliphatic carbocycles. The van der Waals surface area contributed by atoms with Crippen LogP contribution in [-0.4, -0.2) is 15.9 Å². The van der Waals surface area contributed by atoms with Crippen molar-refractivity contribution in [1.82, 2.24) is 4.98 Å². The molecule has 4 unspecified atom stereocenters. The van der Waals surface area contributed by atoms with Crippen LogP contribution in [0.5, 0.6) is 0 Å². The number of nitrogens with zero attached hydrogens (tertiary/aromatic N) is 2. The van der Waals surface area contributed by atoms with Crippen molar-refractivity contribution < 1.29 is 4.92 Å². The van der Waals surface area contributed by atoms with Gasteiger partial charge in [0.25, 0.3) is 5.69 Å². The molecule has 4 atom stereocenters. The van der Waals surface area contributed by atoms with Crippen molar-refractivity contribution in [2.24, 2.45) is 23.7 Å². The molecular formula is C14H17N3O2. The lowest BCUT2D eigenvalue weighted by atomic mass is 10.0. The van der Waals surface area contributed by atoms with E-state index in [0.29, 0.717) is 6.04 Å². The van der Waals surface area contributed by atoms with E-state index in [9.17, 15) is 10.1 Å². The van der Waals surface area contributed by atoms with Gasteiger partial charge in [-0.2, -0.15) is 0 Å². The van der Waals surface area contributed by atoms with Gasteiger partial charge in [-0.1, -0.05) is 0 Å². The van der Waals surface area contributed by atoms with Gasteiger partial charge >= 0.3 is 0 Å². The third-order valence-electron chi connectivity index (χ3n) is 5.31. The standard InChI is InChI=1S/C14H17N3O2/c1-7-4-10(17(18)19)6-15-14(7)16-13-11-8-2-3-9(5-8)12(11)13/h4,6,8-9,11-13H,2-3,5H2,1H3,(H,15,16). The third kappa shape index (κ3) is 1.57. The van der Waals surface area contributed by atoms with E-state index in [-0.39, 0.29) is 5.69 Å². The summed E-state index contributed by atoms with van der Waals surface area (Å²) in [5.41, 5.74) is 0.936. The van der Waals surface area contributed by atoms with Gasteiger partial charge in [0.2, 0.25) is 0 Å². The number of rotatable bonds is 3. The normalized spacial score (nSPS) is 38.1. The summed E-state index contributed by atoms with van der Waals surface area (Å²) in [5, 5.41) is 14.2. The molecule has 5 heteroatoms. The van der Waals surface area contributed by atoms with Crippen molar-refractivity contribution in [3.63, 3.8) is 0 Å². The SMILES string of the molecule is Cc1cc([N+](=O)[O-])cnc1NC1C2C3CCC(C3)C12. The fraction of sp³-hybridized carbons (Fsp3) is 0.643. The maximum Gasteiger partial charge on any atom is 0.287 e. The molecular weight excluding hydrogens is 242 g/mol. The summed E-state index contributed by atoms with van der Waals surface area (Å²) in [6.07, 6.45) is 5.58. The van der Waals surface area contributed by atoms with Crippen molar-refractivity contribution in [2.45, 2.75) is 32.2 Å². The van der Waals surface area contributed by atoms with Crippen LogP contribution in [0.25, 0.3) is 0 Å². The highest BCUT2D eigenvalue weighted by atomic mass is 16.6. The van der Waals surface area contributed by atoms with Crippen molar-refractivity contribution in [1.29, 1.82) is 0 Å². The van der Waals surface area contributed by atoms with Crippen LogP contribution < -0.4 is 5.32 Å². The van der Waals surface area contributed by atoms with E-state index >= 15 is 0 Å². The fourth-order valence-electron chi connectivity index (χ4n) is 4.49. The number of nitro groups is 1. The molecule has 0 amide bonds. The van der Waals surface area contributed by atoms with Crippen molar-refractivity contribution >= 4 is 11.5 Å². The first-order valence-electron chi connectivity index (χ1n) is 7.02. The highest BCUT2D eigenvalue weighted by Crippen LogP contribution is 2.66. The van der Waals surface area contributed by atoms with Crippen LogP contribution in [0.4, 0.5) is 11.5 Å². The number of pyridine rings is 1.